The molecule has 1 saturated carbocycles. The molecule has 7 heteroatoms. The number of urea groups is 1. The van der Waals surface area contributed by atoms with Crippen LogP contribution in [0.1, 0.15) is 24.8 Å². The molecule has 1 aromatic rings. The minimum atomic E-state index is -2.81. The van der Waals surface area contributed by atoms with Crippen LogP contribution in [0.4, 0.5) is 13.6 Å². The quantitative estimate of drug-likeness (QED) is 0.772. The fraction of sp³-hybridized carbons (Fsp3) is 0.556. The monoisotopic (exact) mass is 368 g/mol. The summed E-state index contributed by atoms with van der Waals surface area (Å²) < 4.78 is 28.5. The number of imide groups is 1. The zero-order chi connectivity index (χ0) is 18.2. The average Bonchev–Trinajstić information content (AvgIpc) is 3.15. The van der Waals surface area contributed by atoms with Crippen LogP contribution >= 0.6 is 11.8 Å². The molecule has 4 nitrogen and oxygen atoms in total. The van der Waals surface area contributed by atoms with Crippen molar-refractivity contribution in [2.45, 2.75) is 30.4 Å². The van der Waals surface area contributed by atoms with Gasteiger partial charge in [-0.1, -0.05) is 37.3 Å². The van der Waals surface area contributed by atoms with Crippen molar-refractivity contribution >= 4 is 23.7 Å². The molecule has 3 rings (SSSR count). The third kappa shape index (κ3) is 3.52. The van der Waals surface area contributed by atoms with Crippen molar-refractivity contribution in [3.8, 4) is 0 Å². The SMILES string of the molecule is CSC(C)CN1C(=O)CCN(C[C@@H]2[C@@H](c3ccccc3)C2(F)F)C1=O. The molecule has 0 spiro atoms. The van der Waals surface area contributed by atoms with Crippen LogP contribution in [0.3, 0.4) is 0 Å². The van der Waals surface area contributed by atoms with Crippen LogP contribution in [-0.4, -0.2) is 58.8 Å². The largest absolute Gasteiger partial charge is 0.326 e. The normalized spacial score (nSPS) is 26.7. The maximum Gasteiger partial charge on any atom is 0.326 e. The average molecular weight is 368 g/mol. The maximum absolute atomic E-state index is 14.2. The molecule has 25 heavy (non-hydrogen) atoms. The predicted octanol–water partition coefficient (Wildman–Crippen LogP) is 3.44. The van der Waals surface area contributed by atoms with Crippen molar-refractivity contribution in [3.05, 3.63) is 35.9 Å². The summed E-state index contributed by atoms with van der Waals surface area (Å²) in [7, 11) is 0. The highest BCUT2D eigenvalue weighted by atomic mass is 32.2. The van der Waals surface area contributed by atoms with E-state index in [1.54, 1.807) is 42.1 Å². The number of thioether (sulfide) groups is 1. The number of alkyl halides is 2. The van der Waals surface area contributed by atoms with Gasteiger partial charge in [-0.15, -0.1) is 0 Å². The van der Waals surface area contributed by atoms with E-state index in [0.717, 1.165) is 0 Å². The smallest absolute Gasteiger partial charge is 0.323 e. The number of hydrogen-bond acceptors (Lipinski definition) is 3. The summed E-state index contributed by atoms with van der Waals surface area (Å²) in [5.74, 6) is -4.76. The molecule has 2 aliphatic rings. The van der Waals surface area contributed by atoms with Crippen LogP contribution < -0.4 is 0 Å². The Labute approximate surface area is 150 Å². The van der Waals surface area contributed by atoms with Gasteiger partial charge in [-0.2, -0.15) is 11.8 Å². The molecule has 3 atom stereocenters. The number of benzene rings is 1. The zero-order valence-electron chi connectivity index (χ0n) is 14.3. The van der Waals surface area contributed by atoms with Gasteiger partial charge in [0.25, 0.3) is 5.92 Å². The molecule has 2 fully saturated rings. The molecule has 1 unspecified atom stereocenters. The molecular weight excluding hydrogens is 346 g/mol. The van der Waals surface area contributed by atoms with Crippen LogP contribution in [-0.2, 0) is 4.79 Å². The highest BCUT2D eigenvalue weighted by Crippen LogP contribution is 2.61. The third-order valence-corrected chi connectivity index (χ3v) is 5.97. The summed E-state index contributed by atoms with van der Waals surface area (Å²) in [6.07, 6.45) is 2.11. The lowest BCUT2D eigenvalue weighted by Gasteiger charge is -2.35. The van der Waals surface area contributed by atoms with E-state index in [4.69, 9.17) is 0 Å². The Morgan fingerprint density at radius 3 is 2.60 bits per heavy atom. The molecule has 136 valence electrons. The number of nitrogens with zero attached hydrogens (tertiary/aromatic N) is 2. The van der Waals surface area contributed by atoms with Gasteiger partial charge < -0.3 is 4.90 Å². The Kier molecular flexibility index (Phi) is 5.04. The first-order valence-electron chi connectivity index (χ1n) is 8.41. The minimum Gasteiger partial charge on any atom is -0.323 e. The van der Waals surface area contributed by atoms with Gasteiger partial charge in [-0.3, -0.25) is 9.69 Å². The molecule has 0 bridgehead atoms. The van der Waals surface area contributed by atoms with Gasteiger partial charge >= 0.3 is 6.03 Å². The van der Waals surface area contributed by atoms with Crippen molar-refractivity contribution < 1.29 is 18.4 Å². The third-order valence-electron chi connectivity index (χ3n) is 5.02. The van der Waals surface area contributed by atoms with E-state index in [2.05, 4.69) is 0 Å². The van der Waals surface area contributed by atoms with E-state index >= 15 is 0 Å². The Bertz CT molecular complexity index is 656. The lowest BCUT2D eigenvalue weighted by Crippen LogP contribution is -2.54. The fourth-order valence-electron chi connectivity index (χ4n) is 3.39. The zero-order valence-corrected chi connectivity index (χ0v) is 15.1. The van der Waals surface area contributed by atoms with E-state index < -0.39 is 23.8 Å². The fourth-order valence-corrected chi connectivity index (χ4v) is 3.69. The summed E-state index contributed by atoms with van der Waals surface area (Å²) >= 11 is 1.56. The molecular formula is C18H22F2N2O2S. The number of hydrogen-bond donors (Lipinski definition) is 0. The van der Waals surface area contributed by atoms with E-state index in [-0.39, 0.29) is 30.7 Å². The molecule has 1 aliphatic heterocycles. The number of amides is 3. The number of halogens is 2. The summed E-state index contributed by atoms with van der Waals surface area (Å²) in [5, 5.41) is 0.118. The van der Waals surface area contributed by atoms with Gasteiger partial charge in [-0.05, 0) is 11.8 Å². The van der Waals surface area contributed by atoms with Crippen LogP contribution in [0.5, 0.6) is 0 Å². The predicted molar refractivity (Wildman–Crippen MR) is 93.9 cm³/mol. The lowest BCUT2D eigenvalue weighted by molar-refractivity contribution is -0.131. The Hall–Kier alpha value is -1.63. The van der Waals surface area contributed by atoms with E-state index in [1.807, 2.05) is 13.2 Å². The second-order valence-electron chi connectivity index (χ2n) is 6.70. The molecule has 1 aromatic carbocycles. The number of rotatable bonds is 6. The highest BCUT2D eigenvalue weighted by Gasteiger charge is 2.69. The second kappa shape index (κ2) is 6.94. The molecule has 0 N–H and O–H groups in total. The molecule has 3 amide bonds. The van der Waals surface area contributed by atoms with Crippen molar-refractivity contribution in [3.63, 3.8) is 0 Å². The topological polar surface area (TPSA) is 40.6 Å². The van der Waals surface area contributed by atoms with E-state index in [1.165, 1.54) is 9.80 Å². The Morgan fingerprint density at radius 2 is 1.96 bits per heavy atom. The van der Waals surface area contributed by atoms with Gasteiger partial charge in [0.1, 0.15) is 0 Å². The second-order valence-corrected chi connectivity index (χ2v) is 7.97. The van der Waals surface area contributed by atoms with Gasteiger partial charge in [0.15, 0.2) is 0 Å². The van der Waals surface area contributed by atoms with Gasteiger partial charge in [0, 0.05) is 31.3 Å². The molecule has 1 saturated heterocycles. The number of carbonyl (C=O) groups is 2. The van der Waals surface area contributed by atoms with Crippen molar-refractivity contribution in [2.24, 2.45) is 5.92 Å². The lowest BCUT2D eigenvalue weighted by atomic mass is 10.1. The van der Waals surface area contributed by atoms with E-state index in [9.17, 15) is 18.4 Å². The summed E-state index contributed by atoms with van der Waals surface area (Å²) in [6.45, 7) is 2.46. The first-order chi connectivity index (χ1) is 11.9. The van der Waals surface area contributed by atoms with Gasteiger partial charge in [0.05, 0.1) is 11.8 Å². The van der Waals surface area contributed by atoms with Crippen LogP contribution in [0.25, 0.3) is 0 Å². The Balaban J connectivity index is 1.68. The minimum absolute atomic E-state index is 0.0111. The highest BCUT2D eigenvalue weighted by molar-refractivity contribution is 7.99. The maximum atomic E-state index is 14.2. The molecule has 1 aliphatic carbocycles. The molecule has 0 aromatic heterocycles. The van der Waals surface area contributed by atoms with Crippen LogP contribution in [0, 0.1) is 5.92 Å². The summed E-state index contributed by atoms with van der Waals surface area (Å²) in [4.78, 5) is 27.2. The first kappa shape index (κ1) is 18.2. The van der Waals surface area contributed by atoms with Crippen LogP contribution in [0.15, 0.2) is 30.3 Å². The van der Waals surface area contributed by atoms with Crippen LogP contribution in [0.2, 0.25) is 0 Å². The standard InChI is InChI=1S/C18H22F2N2O2S/c1-12(25-2)10-22-15(23)8-9-21(17(22)24)11-14-16(18(14,19)20)13-6-4-3-5-7-13/h3-7,12,14,16H,8-11H2,1-2H3/t12?,14-,16-/m1/s1. The van der Waals surface area contributed by atoms with E-state index in [0.29, 0.717) is 12.1 Å². The van der Waals surface area contributed by atoms with Gasteiger partial charge in [-0.25, -0.2) is 13.6 Å². The van der Waals surface area contributed by atoms with Gasteiger partial charge in [0.2, 0.25) is 5.91 Å². The van der Waals surface area contributed by atoms with Crippen molar-refractivity contribution in [1.82, 2.24) is 9.80 Å². The first-order valence-corrected chi connectivity index (χ1v) is 9.70. The van der Waals surface area contributed by atoms with Crippen molar-refractivity contribution in [2.75, 3.05) is 25.9 Å². The molecule has 1 heterocycles. The molecule has 0 radical (unpaired) electrons. The Morgan fingerprint density at radius 1 is 1.28 bits per heavy atom. The summed E-state index contributed by atoms with van der Waals surface area (Å²) in [5.41, 5.74) is 0.603. The number of carbonyl (C=O) groups excluding carboxylic acids is 2. The summed E-state index contributed by atoms with van der Waals surface area (Å²) in [6, 6.07) is 8.25. The van der Waals surface area contributed by atoms with Crippen molar-refractivity contribution in [1.29, 1.82) is 0 Å².